The molecule has 0 saturated heterocycles. The van der Waals surface area contributed by atoms with Gasteiger partial charge in [0, 0.05) is 38.2 Å². The van der Waals surface area contributed by atoms with Crippen LogP contribution in [-0.2, 0) is 21.1 Å². The van der Waals surface area contributed by atoms with E-state index in [-0.39, 0.29) is 27.2 Å². The predicted molar refractivity (Wildman–Crippen MR) is 61.7 cm³/mol. The molecule has 1 aliphatic heterocycles. The molecule has 1 aliphatic rings. The molecule has 3 rings (SSSR count). The van der Waals surface area contributed by atoms with Crippen LogP contribution in [0.3, 0.4) is 0 Å². The van der Waals surface area contributed by atoms with Crippen molar-refractivity contribution in [2.75, 3.05) is 6.61 Å². The van der Waals surface area contributed by atoms with Crippen molar-refractivity contribution in [3.8, 4) is 11.5 Å². The number of nitrogens with zero attached hydrogens (tertiary/aromatic N) is 1. The van der Waals surface area contributed by atoms with E-state index in [9.17, 15) is 0 Å². The third-order valence-corrected chi connectivity index (χ3v) is 2.63. The fourth-order valence-corrected chi connectivity index (χ4v) is 1.88. The monoisotopic (exact) mass is 398 g/mol. The van der Waals surface area contributed by atoms with E-state index in [1.165, 1.54) is 0 Å². The molecule has 0 saturated carbocycles. The quantitative estimate of drug-likeness (QED) is 0.640. The number of benzene rings is 1. The first kappa shape index (κ1) is 12.4. The van der Waals surface area contributed by atoms with Crippen LogP contribution < -0.4 is 9.47 Å². The molecular weight excluding hydrogens is 386 g/mol. The third kappa shape index (κ3) is 2.16. The average Bonchev–Trinajstić information content (AvgIpc) is 2.28. The Morgan fingerprint density at radius 1 is 1.29 bits per heavy atom. The molecule has 0 radical (unpaired) electrons. The largest absolute Gasteiger partial charge is 0.515 e. The third-order valence-electron chi connectivity index (χ3n) is 2.63. The average molecular weight is 398 g/mol. The van der Waals surface area contributed by atoms with Crippen molar-refractivity contribution in [2.45, 2.75) is 13.0 Å². The van der Waals surface area contributed by atoms with Gasteiger partial charge in [0.15, 0.2) is 11.5 Å². The van der Waals surface area contributed by atoms with Gasteiger partial charge in [0.25, 0.3) is 0 Å². The van der Waals surface area contributed by atoms with Gasteiger partial charge in [0.1, 0.15) is 0 Å². The molecule has 0 bridgehead atoms. The molecule has 0 amide bonds. The standard InChI is InChI=1S/C13H12NO2.W/c1-8-3-4-10-11(14-8)5-6-12-13(10)16-9(2)7-15-12;/h3-6,9H,2,7H2,1H3;/q-1;/t9-;/m0./s1. The second-order valence-electron chi connectivity index (χ2n) is 3.96. The van der Waals surface area contributed by atoms with E-state index in [4.69, 9.17) is 9.47 Å². The summed E-state index contributed by atoms with van der Waals surface area (Å²) in [5, 5.41) is 0.983. The molecule has 17 heavy (non-hydrogen) atoms. The number of hydrogen-bond acceptors (Lipinski definition) is 3. The van der Waals surface area contributed by atoms with Crippen LogP contribution in [0, 0.1) is 13.8 Å². The van der Waals surface area contributed by atoms with E-state index < -0.39 is 0 Å². The van der Waals surface area contributed by atoms with Crippen LogP contribution in [-0.4, -0.2) is 17.7 Å². The van der Waals surface area contributed by atoms with E-state index in [1.807, 2.05) is 31.2 Å². The number of ether oxygens (including phenoxy) is 2. The molecule has 1 aromatic carbocycles. The normalized spacial score (nSPS) is 17.6. The molecule has 4 heteroatoms. The summed E-state index contributed by atoms with van der Waals surface area (Å²) in [5.41, 5.74) is 1.92. The van der Waals surface area contributed by atoms with Gasteiger partial charge in [-0.3, -0.25) is 11.9 Å². The molecule has 0 unspecified atom stereocenters. The van der Waals surface area contributed by atoms with Gasteiger partial charge in [-0.1, -0.05) is 0 Å². The summed E-state index contributed by atoms with van der Waals surface area (Å²) in [5.74, 6) is 1.54. The van der Waals surface area contributed by atoms with Crippen LogP contribution in [0.5, 0.6) is 11.5 Å². The molecule has 88 valence electrons. The van der Waals surface area contributed by atoms with Crippen molar-refractivity contribution in [2.24, 2.45) is 0 Å². The van der Waals surface area contributed by atoms with Crippen LogP contribution in [0.1, 0.15) is 5.69 Å². The van der Waals surface area contributed by atoms with Gasteiger partial charge < -0.3 is 9.47 Å². The zero-order valence-electron chi connectivity index (χ0n) is 9.47. The second kappa shape index (κ2) is 4.65. The molecule has 0 fully saturated rings. The number of hydrogen-bond donors (Lipinski definition) is 0. The number of pyridine rings is 1. The molecule has 1 atom stereocenters. The predicted octanol–water partition coefficient (Wildman–Crippen LogP) is 2.51. The van der Waals surface area contributed by atoms with Crippen molar-refractivity contribution in [1.82, 2.24) is 4.98 Å². The summed E-state index contributed by atoms with van der Waals surface area (Å²) in [6, 6.07) is 7.83. The van der Waals surface area contributed by atoms with E-state index in [0.29, 0.717) is 6.61 Å². The second-order valence-corrected chi connectivity index (χ2v) is 3.96. The first-order valence-electron chi connectivity index (χ1n) is 5.27. The van der Waals surface area contributed by atoms with E-state index >= 15 is 0 Å². The summed E-state index contributed by atoms with van der Waals surface area (Å²) >= 11 is 0. The molecule has 1 aromatic heterocycles. The van der Waals surface area contributed by atoms with Gasteiger partial charge >= 0.3 is 0 Å². The van der Waals surface area contributed by atoms with Gasteiger partial charge in [0.2, 0.25) is 0 Å². The van der Waals surface area contributed by atoms with Crippen molar-refractivity contribution in [3.63, 3.8) is 0 Å². The first-order valence-corrected chi connectivity index (χ1v) is 5.27. The van der Waals surface area contributed by atoms with Crippen molar-refractivity contribution >= 4 is 10.9 Å². The fraction of sp³-hybridized carbons (Fsp3) is 0.231. The topological polar surface area (TPSA) is 31.4 Å². The minimum absolute atomic E-state index is 0. The maximum absolute atomic E-state index is 5.71. The van der Waals surface area contributed by atoms with Gasteiger partial charge in [0.05, 0.1) is 12.1 Å². The number of rotatable bonds is 0. The Bertz CT molecular complexity index is 556. The Morgan fingerprint density at radius 2 is 2.12 bits per heavy atom. The van der Waals surface area contributed by atoms with Crippen LogP contribution in [0.4, 0.5) is 0 Å². The van der Waals surface area contributed by atoms with Crippen molar-refractivity contribution in [1.29, 1.82) is 0 Å². The summed E-state index contributed by atoms with van der Waals surface area (Å²) in [4.78, 5) is 4.45. The summed E-state index contributed by atoms with van der Waals surface area (Å²) in [6.07, 6.45) is -0.153. The summed E-state index contributed by atoms with van der Waals surface area (Å²) in [6.45, 7) is 6.32. The van der Waals surface area contributed by atoms with Gasteiger partial charge in [-0.15, -0.1) is 0 Å². The molecule has 0 spiro atoms. The molecule has 2 heterocycles. The maximum Gasteiger partial charge on any atom is 0.167 e. The SMILES string of the molecule is [CH2-][C@H]1COc2ccc3nc(C)ccc3c2O1.[W]. The Hall–Kier alpha value is -1.08. The first-order chi connectivity index (χ1) is 7.74. The maximum atomic E-state index is 5.71. The van der Waals surface area contributed by atoms with Crippen LogP contribution in [0.2, 0.25) is 0 Å². The minimum Gasteiger partial charge on any atom is -0.515 e. The van der Waals surface area contributed by atoms with Gasteiger partial charge in [-0.2, -0.15) is 0 Å². The fourth-order valence-electron chi connectivity index (χ4n) is 1.88. The van der Waals surface area contributed by atoms with E-state index in [2.05, 4.69) is 11.9 Å². The zero-order chi connectivity index (χ0) is 11.1. The van der Waals surface area contributed by atoms with E-state index in [0.717, 1.165) is 28.1 Å². The van der Waals surface area contributed by atoms with Crippen molar-refractivity contribution < 1.29 is 30.5 Å². The summed E-state index contributed by atoms with van der Waals surface area (Å²) < 4.78 is 11.3. The number of aryl methyl sites for hydroxylation is 1. The molecule has 2 aromatic rings. The molecular formula is C13H12NO2W-. The van der Waals surface area contributed by atoms with Crippen LogP contribution in [0.15, 0.2) is 24.3 Å². The van der Waals surface area contributed by atoms with Crippen LogP contribution in [0.25, 0.3) is 10.9 Å². The molecule has 0 N–H and O–H groups in total. The Morgan fingerprint density at radius 3 is 2.94 bits per heavy atom. The minimum atomic E-state index is -0.153. The smallest absolute Gasteiger partial charge is 0.167 e. The number of aromatic nitrogens is 1. The van der Waals surface area contributed by atoms with Gasteiger partial charge in [-0.25, -0.2) is 0 Å². The Kier molecular flexibility index (Phi) is 3.39. The summed E-state index contributed by atoms with van der Waals surface area (Å²) in [7, 11) is 0. The Labute approximate surface area is 114 Å². The van der Waals surface area contributed by atoms with Crippen molar-refractivity contribution in [3.05, 3.63) is 36.9 Å². The van der Waals surface area contributed by atoms with Crippen LogP contribution >= 0.6 is 0 Å². The number of fused-ring (bicyclic) bond motifs is 3. The Balaban J connectivity index is 0.00000108. The van der Waals surface area contributed by atoms with E-state index in [1.54, 1.807) is 0 Å². The molecule has 3 nitrogen and oxygen atoms in total. The zero-order valence-corrected chi connectivity index (χ0v) is 12.4. The van der Waals surface area contributed by atoms with Gasteiger partial charge in [-0.05, 0) is 31.2 Å². The molecule has 0 aliphatic carbocycles.